The Bertz CT molecular complexity index is 408. The van der Waals surface area contributed by atoms with Gasteiger partial charge >= 0.3 is 0 Å². The zero-order valence-corrected chi connectivity index (χ0v) is 13.2. The van der Waals surface area contributed by atoms with E-state index in [0.29, 0.717) is 37.2 Å². The van der Waals surface area contributed by atoms with Crippen LogP contribution in [0.5, 0.6) is 0 Å². The molecular weight excluding hydrogens is 254 g/mol. The monoisotopic (exact) mass is 281 g/mol. The van der Waals surface area contributed by atoms with Gasteiger partial charge in [0.1, 0.15) is 12.4 Å². The lowest BCUT2D eigenvalue weighted by Crippen LogP contribution is -2.29. The van der Waals surface area contributed by atoms with Crippen LogP contribution >= 0.6 is 0 Å². The first-order chi connectivity index (χ1) is 9.41. The fourth-order valence-corrected chi connectivity index (χ4v) is 2.52. The Labute approximate surface area is 121 Å². The number of aliphatic hydroxyl groups excluding tert-OH is 1. The Morgan fingerprint density at radius 2 is 2.00 bits per heavy atom. The number of hydrogen-bond donors (Lipinski definition) is 1. The number of Topliss-reactive ketones (excluding diaryl/α,β-unsaturated/α-hetero) is 1. The number of aliphatic hydroxyl groups is 1. The lowest BCUT2D eigenvalue weighted by Gasteiger charge is -2.29. The number of ketones is 1. The third-order valence-corrected chi connectivity index (χ3v) is 3.46. The average Bonchev–Trinajstić information content (AvgIpc) is 2.33. The van der Waals surface area contributed by atoms with E-state index in [1.807, 2.05) is 20.8 Å². The number of oxime groups is 1. The molecule has 114 valence electrons. The van der Waals surface area contributed by atoms with Crippen LogP contribution in [-0.4, -0.2) is 23.2 Å². The van der Waals surface area contributed by atoms with E-state index in [-0.39, 0.29) is 17.0 Å². The summed E-state index contributed by atoms with van der Waals surface area (Å²) < 4.78 is 0. The highest BCUT2D eigenvalue weighted by Gasteiger charge is 2.35. The molecule has 0 saturated carbocycles. The molecule has 0 aliphatic heterocycles. The molecule has 20 heavy (non-hydrogen) atoms. The van der Waals surface area contributed by atoms with E-state index in [4.69, 9.17) is 4.84 Å². The van der Waals surface area contributed by atoms with E-state index < -0.39 is 0 Å². The predicted molar refractivity (Wildman–Crippen MR) is 80.9 cm³/mol. The van der Waals surface area contributed by atoms with Crippen molar-refractivity contribution >= 4 is 11.5 Å². The molecule has 4 nitrogen and oxygen atoms in total. The Morgan fingerprint density at radius 1 is 1.30 bits per heavy atom. The molecule has 0 amide bonds. The summed E-state index contributed by atoms with van der Waals surface area (Å²) in [6, 6.07) is 0. The Balaban J connectivity index is 2.96. The van der Waals surface area contributed by atoms with Crippen molar-refractivity contribution in [3.05, 3.63) is 11.3 Å². The minimum atomic E-state index is -0.176. The van der Waals surface area contributed by atoms with Gasteiger partial charge in [-0.25, -0.2) is 0 Å². The van der Waals surface area contributed by atoms with Crippen molar-refractivity contribution in [2.75, 3.05) is 6.61 Å². The van der Waals surface area contributed by atoms with Crippen LogP contribution in [0.2, 0.25) is 0 Å². The minimum absolute atomic E-state index is 0.0197. The van der Waals surface area contributed by atoms with Crippen molar-refractivity contribution in [3.8, 4) is 0 Å². The van der Waals surface area contributed by atoms with E-state index >= 15 is 0 Å². The number of carbonyl (C=O) groups is 1. The van der Waals surface area contributed by atoms with Gasteiger partial charge in [-0.3, -0.25) is 4.79 Å². The van der Waals surface area contributed by atoms with Crippen molar-refractivity contribution in [2.45, 2.75) is 66.2 Å². The molecule has 1 aliphatic carbocycles. The summed E-state index contributed by atoms with van der Waals surface area (Å²) in [5.74, 6) is 0.148. The van der Waals surface area contributed by atoms with Crippen molar-refractivity contribution in [1.82, 2.24) is 0 Å². The quantitative estimate of drug-likeness (QED) is 0.433. The van der Waals surface area contributed by atoms with Crippen molar-refractivity contribution < 1.29 is 14.7 Å². The summed E-state index contributed by atoms with van der Waals surface area (Å²) in [7, 11) is 0. The Kier molecular flexibility index (Phi) is 6.24. The zero-order chi connectivity index (χ0) is 15.2. The predicted octanol–water partition coefficient (Wildman–Crippen LogP) is 4.16. The van der Waals surface area contributed by atoms with Crippen LogP contribution in [0, 0.1) is 5.41 Å². The molecule has 1 aliphatic rings. The van der Waals surface area contributed by atoms with Crippen molar-refractivity contribution in [3.63, 3.8) is 0 Å². The van der Waals surface area contributed by atoms with Gasteiger partial charge in [0.25, 0.3) is 0 Å². The smallest absolute Gasteiger partial charge is 0.168 e. The third kappa shape index (κ3) is 4.66. The Morgan fingerprint density at radius 3 is 2.55 bits per heavy atom. The summed E-state index contributed by atoms with van der Waals surface area (Å²) in [5.41, 5.74) is 0.831. The first-order valence-electron chi connectivity index (χ1n) is 7.55. The molecular formula is C16H27NO3. The molecule has 0 radical (unpaired) electrons. The topological polar surface area (TPSA) is 58.9 Å². The van der Waals surface area contributed by atoms with Gasteiger partial charge in [-0.05, 0) is 25.2 Å². The molecule has 0 atom stereocenters. The van der Waals surface area contributed by atoms with Crippen LogP contribution in [-0.2, 0) is 9.63 Å². The minimum Gasteiger partial charge on any atom is -0.511 e. The van der Waals surface area contributed by atoms with E-state index in [1.165, 1.54) is 0 Å². The maximum absolute atomic E-state index is 12.3. The maximum Gasteiger partial charge on any atom is 0.168 e. The van der Waals surface area contributed by atoms with Gasteiger partial charge in [-0.1, -0.05) is 38.8 Å². The normalized spacial score (nSPS) is 19.4. The van der Waals surface area contributed by atoms with Crippen LogP contribution < -0.4 is 0 Å². The lowest BCUT2D eigenvalue weighted by atomic mass is 9.75. The van der Waals surface area contributed by atoms with Crippen molar-refractivity contribution in [2.24, 2.45) is 10.6 Å². The SMILES string of the molecule is CCCCCC(=NOCC)C1=C(O)CC(C)(C)CC1=O. The van der Waals surface area contributed by atoms with Crippen molar-refractivity contribution in [1.29, 1.82) is 0 Å². The number of nitrogens with zero attached hydrogens (tertiary/aromatic N) is 1. The first kappa shape index (κ1) is 16.7. The number of unbranched alkanes of at least 4 members (excludes halogenated alkanes) is 2. The summed E-state index contributed by atoms with van der Waals surface area (Å²) >= 11 is 0. The van der Waals surface area contributed by atoms with Gasteiger partial charge in [0, 0.05) is 12.8 Å². The molecule has 0 aromatic carbocycles. The van der Waals surface area contributed by atoms with Gasteiger partial charge in [0.2, 0.25) is 0 Å². The number of allylic oxidation sites excluding steroid dienone is 2. The van der Waals surface area contributed by atoms with Gasteiger partial charge in [0.15, 0.2) is 5.78 Å². The molecule has 0 bridgehead atoms. The first-order valence-corrected chi connectivity index (χ1v) is 7.55. The standard InChI is InChI=1S/C16H27NO3/c1-5-7-8-9-12(17-20-6-2)15-13(18)10-16(3,4)11-14(15)19/h18H,5-11H2,1-4H3. The average molecular weight is 281 g/mol. The van der Waals surface area contributed by atoms with E-state index in [9.17, 15) is 9.90 Å². The number of rotatable bonds is 7. The highest BCUT2D eigenvalue weighted by molar-refractivity contribution is 6.23. The Hall–Kier alpha value is -1.32. The van der Waals surface area contributed by atoms with Crippen LogP contribution in [0.4, 0.5) is 0 Å². The zero-order valence-electron chi connectivity index (χ0n) is 13.2. The highest BCUT2D eigenvalue weighted by Crippen LogP contribution is 2.36. The van der Waals surface area contributed by atoms with Gasteiger partial charge in [-0.2, -0.15) is 0 Å². The molecule has 0 aromatic heterocycles. The fourth-order valence-electron chi connectivity index (χ4n) is 2.52. The van der Waals surface area contributed by atoms with Crippen LogP contribution in [0.15, 0.2) is 16.5 Å². The molecule has 0 spiro atoms. The lowest BCUT2D eigenvalue weighted by molar-refractivity contribution is -0.118. The van der Waals surface area contributed by atoms with Gasteiger partial charge in [0.05, 0.1) is 11.3 Å². The number of carbonyl (C=O) groups excluding carboxylic acids is 1. The molecule has 1 N–H and O–H groups in total. The van der Waals surface area contributed by atoms with E-state index in [2.05, 4.69) is 12.1 Å². The molecule has 0 fully saturated rings. The molecule has 0 aromatic rings. The summed E-state index contributed by atoms with van der Waals surface area (Å²) in [6.45, 7) is 8.44. The second kappa shape index (κ2) is 7.46. The molecule has 0 unspecified atom stereocenters. The number of hydrogen-bond acceptors (Lipinski definition) is 4. The second-order valence-corrected chi connectivity index (χ2v) is 6.18. The van der Waals surface area contributed by atoms with Gasteiger partial charge < -0.3 is 9.94 Å². The van der Waals surface area contributed by atoms with E-state index in [0.717, 1.165) is 19.3 Å². The summed E-state index contributed by atoms with van der Waals surface area (Å²) in [5, 5.41) is 14.3. The van der Waals surface area contributed by atoms with Gasteiger partial charge in [-0.15, -0.1) is 0 Å². The molecule has 4 heteroatoms. The molecule has 0 saturated heterocycles. The summed E-state index contributed by atoms with van der Waals surface area (Å²) in [6.07, 6.45) is 4.79. The fraction of sp³-hybridized carbons (Fsp3) is 0.750. The highest BCUT2D eigenvalue weighted by atomic mass is 16.6. The van der Waals surface area contributed by atoms with Crippen LogP contribution in [0.3, 0.4) is 0 Å². The second-order valence-electron chi connectivity index (χ2n) is 6.18. The largest absolute Gasteiger partial charge is 0.511 e. The molecule has 1 rings (SSSR count). The van der Waals surface area contributed by atoms with Crippen LogP contribution in [0.1, 0.15) is 66.2 Å². The van der Waals surface area contributed by atoms with Crippen LogP contribution in [0.25, 0.3) is 0 Å². The summed E-state index contributed by atoms with van der Waals surface area (Å²) in [4.78, 5) is 17.4. The van der Waals surface area contributed by atoms with E-state index in [1.54, 1.807) is 0 Å². The third-order valence-electron chi connectivity index (χ3n) is 3.46. The maximum atomic E-state index is 12.3. The molecule has 0 heterocycles.